The van der Waals surface area contributed by atoms with Crippen molar-refractivity contribution in [3.63, 3.8) is 0 Å². The van der Waals surface area contributed by atoms with E-state index >= 15 is 0 Å². The Labute approximate surface area is 126 Å². The lowest BCUT2D eigenvalue weighted by Crippen LogP contribution is -2.20. The molecular weight excluding hydrogens is 291 g/mol. The minimum absolute atomic E-state index is 0.239. The van der Waals surface area contributed by atoms with Gasteiger partial charge in [-0.15, -0.1) is 11.3 Å². The topological polar surface area (TPSA) is 52.1 Å². The lowest BCUT2D eigenvalue weighted by Gasteiger charge is -2.19. The zero-order valence-corrected chi connectivity index (χ0v) is 12.5. The molecule has 1 aliphatic rings. The van der Waals surface area contributed by atoms with Gasteiger partial charge in [0.1, 0.15) is 16.6 Å². The monoisotopic (exact) mass is 306 g/mol. The van der Waals surface area contributed by atoms with Gasteiger partial charge in [0, 0.05) is 11.1 Å². The molecule has 0 fully saturated rings. The Morgan fingerprint density at radius 1 is 1.57 bits per heavy atom. The average molecular weight is 306 g/mol. The minimum atomic E-state index is -0.392. The second kappa shape index (κ2) is 5.89. The van der Waals surface area contributed by atoms with Gasteiger partial charge in [0.2, 0.25) is 0 Å². The second-order valence-corrected chi connectivity index (χ2v) is 5.94. The molecule has 0 saturated carbocycles. The number of rotatable bonds is 3. The van der Waals surface area contributed by atoms with Crippen LogP contribution in [0.5, 0.6) is 0 Å². The Hall–Kier alpha value is -1.82. The van der Waals surface area contributed by atoms with Crippen LogP contribution in [-0.4, -0.2) is 22.5 Å². The molecule has 4 nitrogen and oxygen atoms in total. The molecule has 0 amide bonds. The molecule has 3 rings (SSSR count). The SMILES string of the molecule is CCOC(=O)C1CCCc2sc(-c3ncccc3F)nc21. The number of carbonyl (C=O) groups is 1. The first-order chi connectivity index (χ1) is 10.2. The van der Waals surface area contributed by atoms with Crippen molar-refractivity contribution in [1.82, 2.24) is 9.97 Å². The van der Waals surface area contributed by atoms with Gasteiger partial charge in [0.25, 0.3) is 0 Å². The number of hydrogen-bond acceptors (Lipinski definition) is 5. The van der Waals surface area contributed by atoms with Crippen LogP contribution in [0.25, 0.3) is 10.7 Å². The highest BCUT2D eigenvalue weighted by Crippen LogP contribution is 2.38. The average Bonchev–Trinajstić information content (AvgIpc) is 2.91. The summed E-state index contributed by atoms with van der Waals surface area (Å²) in [5, 5.41) is 0.536. The largest absolute Gasteiger partial charge is 0.465 e. The summed E-state index contributed by atoms with van der Waals surface area (Å²) in [6, 6.07) is 2.92. The molecule has 0 radical (unpaired) electrons. The standard InChI is InChI=1S/C15H15FN2O2S/c1-2-20-15(19)9-5-3-7-11-12(9)18-14(21-11)13-10(16)6-4-8-17-13/h4,6,8-9H,2-3,5,7H2,1H3. The first-order valence-electron chi connectivity index (χ1n) is 6.97. The zero-order chi connectivity index (χ0) is 14.8. The van der Waals surface area contributed by atoms with Gasteiger partial charge in [-0.1, -0.05) is 0 Å². The third-order valence-electron chi connectivity index (χ3n) is 3.49. The van der Waals surface area contributed by atoms with Crippen molar-refractivity contribution in [1.29, 1.82) is 0 Å². The van der Waals surface area contributed by atoms with E-state index in [1.54, 1.807) is 19.2 Å². The summed E-state index contributed by atoms with van der Waals surface area (Å²) in [4.78, 5) is 21.6. The Morgan fingerprint density at radius 2 is 2.43 bits per heavy atom. The first-order valence-corrected chi connectivity index (χ1v) is 7.79. The molecule has 1 atom stereocenters. The molecule has 0 aromatic carbocycles. The van der Waals surface area contributed by atoms with Gasteiger partial charge in [-0.05, 0) is 38.3 Å². The van der Waals surface area contributed by atoms with Crippen molar-refractivity contribution in [2.24, 2.45) is 0 Å². The van der Waals surface area contributed by atoms with Crippen LogP contribution in [0.1, 0.15) is 36.3 Å². The highest BCUT2D eigenvalue weighted by molar-refractivity contribution is 7.15. The second-order valence-electron chi connectivity index (χ2n) is 4.86. The summed E-state index contributed by atoms with van der Waals surface area (Å²) in [6.45, 7) is 2.15. The number of fused-ring (bicyclic) bond motifs is 1. The van der Waals surface area contributed by atoms with Crippen LogP contribution in [-0.2, 0) is 16.0 Å². The predicted molar refractivity (Wildman–Crippen MR) is 77.6 cm³/mol. The summed E-state index contributed by atoms with van der Waals surface area (Å²) in [5.74, 6) is -0.960. The van der Waals surface area contributed by atoms with Crippen molar-refractivity contribution in [3.8, 4) is 10.7 Å². The number of nitrogens with zero attached hydrogens (tertiary/aromatic N) is 2. The van der Waals surface area contributed by atoms with Gasteiger partial charge in [-0.25, -0.2) is 9.37 Å². The molecule has 110 valence electrons. The Morgan fingerprint density at radius 3 is 3.19 bits per heavy atom. The molecule has 1 aliphatic carbocycles. The fourth-order valence-corrected chi connectivity index (χ4v) is 3.70. The Bertz CT molecular complexity index is 671. The van der Waals surface area contributed by atoms with E-state index in [0.29, 0.717) is 11.6 Å². The van der Waals surface area contributed by atoms with E-state index in [2.05, 4.69) is 9.97 Å². The fraction of sp³-hybridized carbons (Fsp3) is 0.400. The highest BCUT2D eigenvalue weighted by atomic mass is 32.1. The van der Waals surface area contributed by atoms with Gasteiger partial charge in [0.15, 0.2) is 5.82 Å². The van der Waals surface area contributed by atoms with E-state index in [9.17, 15) is 9.18 Å². The highest BCUT2D eigenvalue weighted by Gasteiger charge is 2.31. The summed E-state index contributed by atoms with van der Waals surface area (Å²) in [6.07, 6.45) is 4.07. The van der Waals surface area contributed by atoms with Crippen LogP contribution in [0.2, 0.25) is 0 Å². The normalized spacial score (nSPS) is 17.3. The molecule has 0 N–H and O–H groups in total. The molecule has 0 aliphatic heterocycles. The number of pyridine rings is 1. The van der Waals surface area contributed by atoms with Crippen molar-refractivity contribution < 1.29 is 13.9 Å². The van der Waals surface area contributed by atoms with Gasteiger partial charge in [-0.2, -0.15) is 0 Å². The third-order valence-corrected chi connectivity index (χ3v) is 4.62. The van der Waals surface area contributed by atoms with Gasteiger partial charge < -0.3 is 4.74 Å². The predicted octanol–water partition coefficient (Wildman–Crippen LogP) is 3.33. The number of aryl methyl sites for hydroxylation is 1. The Balaban J connectivity index is 1.98. The van der Waals surface area contributed by atoms with Crippen molar-refractivity contribution in [2.45, 2.75) is 32.1 Å². The van der Waals surface area contributed by atoms with Gasteiger partial charge >= 0.3 is 5.97 Å². The van der Waals surface area contributed by atoms with Crippen molar-refractivity contribution in [2.75, 3.05) is 6.61 Å². The van der Waals surface area contributed by atoms with E-state index in [1.807, 2.05) is 0 Å². The van der Waals surface area contributed by atoms with E-state index in [0.717, 1.165) is 29.8 Å². The molecule has 1 unspecified atom stereocenters. The molecule has 21 heavy (non-hydrogen) atoms. The lowest BCUT2D eigenvalue weighted by atomic mass is 9.91. The summed E-state index contributed by atoms with van der Waals surface area (Å²) < 4.78 is 18.9. The summed E-state index contributed by atoms with van der Waals surface area (Å²) in [7, 11) is 0. The fourth-order valence-electron chi connectivity index (χ4n) is 2.54. The molecule has 0 bridgehead atoms. The molecular formula is C15H15FN2O2S. The van der Waals surface area contributed by atoms with Crippen molar-refractivity contribution in [3.05, 3.63) is 34.7 Å². The van der Waals surface area contributed by atoms with E-state index in [4.69, 9.17) is 4.74 Å². The minimum Gasteiger partial charge on any atom is -0.465 e. The van der Waals surface area contributed by atoms with Crippen molar-refractivity contribution >= 4 is 17.3 Å². The van der Waals surface area contributed by atoms with E-state index in [-0.39, 0.29) is 17.6 Å². The summed E-state index contributed by atoms with van der Waals surface area (Å²) in [5.41, 5.74) is 0.990. The zero-order valence-electron chi connectivity index (χ0n) is 11.6. The number of hydrogen-bond donors (Lipinski definition) is 0. The van der Waals surface area contributed by atoms with Crippen LogP contribution in [0.15, 0.2) is 18.3 Å². The maximum absolute atomic E-state index is 13.8. The van der Waals surface area contributed by atoms with Gasteiger partial charge in [0.05, 0.1) is 12.3 Å². The maximum Gasteiger partial charge on any atom is 0.315 e. The van der Waals surface area contributed by atoms with Crippen LogP contribution in [0.4, 0.5) is 4.39 Å². The number of thiazole rings is 1. The van der Waals surface area contributed by atoms with Gasteiger partial charge in [-0.3, -0.25) is 9.78 Å². The van der Waals surface area contributed by atoms with E-state index < -0.39 is 5.82 Å². The number of carbonyl (C=O) groups excluding carboxylic acids is 1. The summed E-state index contributed by atoms with van der Waals surface area (Å²) >= 11 is 1.42. The first kappa shape index (κ1) is 14.1. The van der Waals surface area contributed by atoms with Crippen LogP contribution < -0.4 is 0 Å². The number of esters is 1. The molecule has 2 aromatic heterocycles. The van der Waals surface area contributed by atoms with Crippen LogP contribution >= 0.6 is 11.3 Å². The maximum atomic E-state index is 13.8. The number of halogens is 1. The molecule has 0 spiro atoms. The molecule has 2 aromatic rings. The van der Waals surface area contributed by atoms with E-state index in [1.165, 1.54) is 17.4 Å². The number of ether oxygens (including phenoxy) is 1. The molecule has 0 saturated heterocycles. The quantitative estimate of drug-likeness (QED) is 0.816. The third kappa shape index (κ3) is 2.68. The molecule has 2 heterocycles. The molecule has 6 heteroatoms. The Kier molecular flexibility index (Phi) is 3.96. The smallest absolute Gasteiger partial charge is 0.315 e. The van der Waals surface area contributed by atoms with Crippen LogP contribution in [0.3, 0.4) is 0 Å². The lowest BCUT2D eigenvalue weighted by molar-refractivity contribution is -0.145. The number of aromatic nitrogens is 2. The van der Waals surface area contributed by atoms with Crippen LogP contribution in [0, 0.1) is 5.82 Å².